The summed E-state index contributed by atoms with van der Waals surface area (Å²) >= 11 is 0. The Morgan fingerprint density at radius 1 is 1.20 bits per heavy atom. The smallest absolute Gasteiger partial charge is 0.307 e. The number of aliphatic hydroxyl groups excluding tert-OH is 1. The number of aliphatic hydroxyl groups is 1. The minimum Gasteiger partial charge on any atom is -0.466 e. The van der Waals surface area contributed by atoms with Crippen molar-refractivity contribution in [2.45, 2.75) is 39.2 Å². The fourth-order valence-corrected chi connectivity index (χ4v) is 1.44. The van der Waals surface area contributed by atoms with Crippen molar-refractivity contribution in [1.29, 1.82) is 0 Å². The highest BCUT2D eigenvalue weighted by atomic mass is 16.5. The topological polar surface area (TPSA) is 77.0 Å². The number of carbonyl (C=O) groups excluding carboxylic acids is 1. The van der Waals surface area contributed by atoms with Crippen LogP contribution in [0.3, 0.4) is 0 Å². The van der Waals surface area contributed by atoms with Crippen molar-refractivity contribution in [3.05, 3.63) is 0 Å². The molecular weight excluding hydrogens is 262 g/mol. The van der Waals surface area contributed by atoms with Crippen LogP contribution in [-0.2, 0) is 19.0 Å². The highest BCUT2D eigenvalue weighted by Gasteiger charge is 2.05. The predicted octanol–water partition coefficient (Wildman–Crippen LogP) is 0.723. The van der Waals surface area contributed by atoms with Gasteiger partial charge in [-0.15, -0.1) is 0 Å². The van der Waals surface area contributed by atoms with Crippen LogP contribution in [0.25, 0.3) is 0 Å². The van der Waals surface area contributed by atoms with Gasteiger partial charge in [-0.25, -0.2) is 0 Å². The molecule has 0 aromatic rings. The van der Waals surface area contributed by atoms with Crippen molar-refractivity contribution in [3.63, 3.8) is 0 Å². The lowest BCUT2D eigenvalue weighted by molar-refractivity contribution is -0.143. The second-order valence-electron chi connectivity index (χ2n) is 4.45. The van der Waals surface area contributed by atoms with Gasteiger partial charge < -0.3 is 24.6 Å². The molecule has 1 atom stereocenters. The van der Waals surface area contributed by atoms with Crippen molar-refractivity contribution in [1.82, 2.24) is 5.32 Å². The van der Waals surface area contributed by atoms with Gasteiger partial charge in [0.1, 0.15) is 0 Å². The van der Waals surface area contributed by atoms with Gasteiger partial charge in [0, 0.05) is 19.7 Å². The van der Waals surface area contributed by atoms with E-state index in [-0.39, 0.29) is 12.6 Å². The summed E-state index contributed by atoms with van der Waals surface area (Å²) in [4.78, 5) is 11.0. The zero-order valence-corrected chi connectivity index (χ0v) is 12.7. The van der Waals surface area contributed by atoms with E-state index in [2.05, 4.69) is 12.2 Å². The van der Waals surface area contributed by atoms with Crippen LogP contribution < -0.4 is 5.32 Å². The fraction of sp³-hybridized carbons (Fsp3) is 0.929. The molecular formula is C14H29NO5. The van der Waals surface area contributed by atoms with Crippen LogP contribution in [0.5, 0.6) is 0 Å². The van der Waals surface area contributed by atoms with Crippen LogP contribution in [-0.4, -0.2) is 63.3 Å². The van der Waals surface area contributed by atoms with Gasteiger partial charge in [0.05, 0.1) is 39.0 Å². The summed E-state index contributed by atoms with van der Waals surface area (Å²) in [5.41, 5.74) is 0. The summed E-state index contributed by atoms with van der Waals surface area (Å²) in [7, 11) is 0. The largest absolute Gasteiger partial charge is 0.466 e. The Morgan fingerprint density at radius 2 is 1.95 bits per heavy atom. The molecule has 0 aliphatic heterocycles. The van der Waals surface area contributed by atoms with Gasteiger partial charge in [-0.1, -0.05) is 13.3 Å². The van der Waals surface area contributed by atoms with Gasteiger partial charge in [0.25, 0.3) is 0 Å². The van der Waals surface area contributed by atoms with E-state index in [9.17, 15) is 9.90 Å². The first-order valence-electron chi connectivity index (χ1n) is 7.40. The number of hydrogen-bond acceptors (Lipinski definition) is 6. The third-order valence-corrected chi connectivity index (χ3v) is 2.52. The average Bonchev–Trinajstić information content (AvgIpc) is 2.43. The summed E-state index contributed by atoms with van der Waals surface area (Å²) in [5, 5.41) is 12.6. The minimum absolute atomic E-state index is 0.227. The molecule has 0 aromatic heterocycles. The molecule has 0 aliphatic rings. The van der Waals surface area contributed by atoms with E-state index < -0.39 is 6.10 Å². The Bertz CT molecular complexity index is 226. The summed E-state index contributed by atoms with van der Waals surface area (Å²) in [6.45, 7) is 7.26. The summed E-state index contributed by atoms with van der Waals surface area (Å²) in [5.74, 6) is -0.227. The van der Waals surface area contributed by atoms with Crippen LogP contribution >= 0.6 is 0 Å². The molecule has 0 fully saturated rings. The second kappa shape index (κ2) is 14.7. The van der Waals surface area contributed by atoms with E-state index in [1.807, 2.05) is 0 Å². The SMILES string of the molecule is CCCCOCCOCC(O)CNCCC(=O)OCC. The Hall–Kier alpha value is -0.690. The Labute approximate surface area is 121 Å². The average molecular weight is 291 g/mol. The molecule has 0 saturated carbocycles. The molecule has 0 aromatic carbocycles. The van der Waals surface area contributed by atoms with E-state index in [1.54, 1.807) is 6.92 Å². The third kappa shape index (κ3) is 13.7. The van der Waals surface area contributed by atoms with Crippen molar-refractivity contribution in [2.24, 2.45) is 0 Å². The Kier molecular flexibility index (Phi) is 14.2. The summed E-state index contributed by atoms with van der Waals surface area (Å²) in [6.07, 6.45) is 1.92. The molecule has 20 heavy (non-hydrogen) atoms. The first-order chi connectivity index (χ1) is 9.70. The number of hydrogen-bond donors (Lipinski definition) is 2. The third-order valence-electron chi connectivity index (χ3n) is 2.52. The quantitative estimate of drug-likeness (QED) is 0.363. The molecule has 0 saturated heterocycles. The Balaban J connectivity index is 3.24. The van der Waals surface area contributed by atoms with Crippen LogP contribution in [0.1, 0.15) is 33.1 Å². The standard InChI is InChI=1S/C14H29NO5/c1-3-5-8-18-9-10-19-12-13(16)11-15-7-6-14(17)20-4-2/h13,15-16H,3-12H2,1-2H3. The van der Waals surface area contributed by atoms with Gasteiger partial charge in [-0.3, -0.25) is 4.79 Å². The van der Waals surface area contributed by atoms with Gasteiger partial charge >= 0.3 is 5.97 Å². The van der Waals surface area contributed by atoms with Gasteiger partial charge in [-0.2, -0.15) is 0 Å². The van der Waals surface area contributed by atoms with Gasteiger partial charge in [-0.05, 0) is 13.3 Å². The maximum Gasteiger partial charge on any atom is 0.307 e. The van der Waals surface area contributed by atoms with Crippen molar-refractivity contribution in [2.75, 3.05) is 46.1 Å². The van der Waals surface area contributed by atoms with Crippen molar-refractivity contribution >= 4 is 5.97 Å². The lowest BCUT2D eigenvalue weighted by Crippen LogP contribution is -2.32. The van der Waals surface area contributed by atoms with Gasteiger partial charge in [0.2, 0.25) is 0 Å². The minimum atomic E-state index is -0.576. The zero-order valence-electron chi connectivity index (χ0n) is 12.7. The highest BCUT2D eigenvalue weighted by molar-refractivity contribution is 5.69. The van der Waals surface area contributed by atoms with Crippen LogP contribution in [0.2, 0.25) is 0 Å². The van der Waals surface area contributed by atoms with Crippen molar-refractivity contribution in [3.8, 4) is 0 Å². The molecule has 0 aliphatic carbocycles. The van der Waals surface area contributed by atoms with E-state index >= 15 is 0 Å². The molecule has 2 N–H and O–H groups in total. The molecule has 0 bridgehead atoms. The number of unbranched alkanes of at least 4 members (excludes halogenated alkanes) is 1. The number of nitrogens with one attached hydrogen (secondary N) is 1. The van der Waals surface area contributed by atoms with Crippen molar-refractivity contribution < 1.29 is 24.1 Å². The van der Waals surface area contributed by atoms with E-state index in [0.29, 0.717) is 39.3 Å². The lowest BCUT2D eigenvalue weighted by Gasteiger charge is -2.12. The van der Waals surface area contributed by atoms with E-state index in [0.717, 1.165) is 19.4 Å². The molecule has 120 valence electrons. The molecule has 0 radical (unpaired) electrons. The molecule has 0 amide bonds. The first kappa shape index (κ1) is 19.3. The molecule has 0 spiro atoms. The monoisotopic (exact) mass is 291 g/mol. The second-order valence-corrected chi connectivity index (χ2v) is 4.45. The summed E-state index contributed by atoms with van der Waals surface area (Å²) < 4.78 is 15.4. The molecule has 6 heteroatoms. The number of rotatable bonds is 14. The number of esters is 1. The van der Waals surface area contributed by atoms with Gasteiger partial charge in [0.15, 0.2) is 0 Å². The molecule has 0 rings (SSSR count). The number of ether oxygens (including phenoxy) is 3. The molecule has 0 heterocycles. The van der Waals surface area contributed by atoms with E-state index in [1.165, 1.54) is 0 Å². The van der Waals surface area contributed by atoms with Crippen LogP contribution in [0, 0.1) is 0 Å². The van der Waals surface area contributed by atoms with Crippen LogP contribution in [0.4, 0.5) is 0 Å². The maximum atomic E-state index is 11.0. The fourth-order valence-electron chi connectivity index (χ4n) is 1.44. The van der Waals surface area contributed by atoms with E-state index in [4.69, 9.17) is 14.2 Å². The molecule has 6 nitrogen and oxygen atoms in total. The molecule has 1 unspecified atom stereocenters. The maximum absolute atomic E-state index is 11.0. The number of carbonyl (C=O) groups is 1. The normalized spacial score (nSPS) is 12.3. The first-order valence-corrected chi connectivity index (χ1v) is 7.40. The highest BCUT2D eigenvalue weighted by Crippen LogP contribution is 1.90. The predicted molar refractivity (Wildman–Crippen MR) is 76.7 cm³/mol. The lowest BCUT2D eigenvalue weighted by atomic mass is 10.3. The zero-order chi connectivity index (χ0) is 15.1. The summed E-state index contributed by atoms with van der Waals surface area (Å²) in [6, 6.07) is 0. The van der Waals surface area contributed by atoms with Crippen LogP contribution in [0.15, 0.2) is 0 Å². The Morgan fingerprint density at radius 3 is 2.65 bits per heavy atom.